The number of morpholine rings is 1. The Kier molecular flexibility index (Phi) is 9.69. The van der Waals surface area contributed by atoms with Gasteiger partial charge in [-0.3, -0.25) is 9.58 Å². The van der Waals surface area contributed by atoms with E-state index in [1.165, 1.54) is 0 Å². The zero-order valence-electron chi connectivity index (χ0n) is 15.4. The SMILES string of the molecule is CCNC(=NCc1cnn(C)c1)NCC(C)(O)CN1CCOCC1.I. The van der Waals surface area contributed by atoms with E-state index in [4.69, 9.17) is 4.74 Å². The number of guanidine groups is 1. The van der Waals surface area contributed by atoms with Crippen molar-refractivity contribution in [2.75, 3.05) is 45.9 Å². The molecule has 1 fully saturated rings. The summed E-state index contributed by atoms with van der Waals surface area (Å²) in [6.45, 7) is 9.44. The van der Waals surface area contributed by atoms with Crippen molar-refractivity contribution in [1.82, 2.24) is 25.3 Å². The molecule has 1 aromatic rings. The lowest BCUT2D eigenvalue weighted by Gasteiger charge is -2.34. The molecule has 0 spiro atoms. The van der Waals surface area contributed by atoms with Crippen LogP contribution in [0.15, 0.2) is 17.4 Å². The summed E-state index contributed by atoms with van der Waals surface area (Å²) in [4.78, 5) is 6.77. The zero-order chi connectivity index (χ0) is 17.4. The van der Waals surface area contributed by atoms with Crippen molar-refractivity contribution < 1.29 is 9.84 Å². The van der Waals surface area contributed by atoms with Crippen molar-refractivity contribution in [1.29, 1.82) is 0 Å². The standard InChI is InChI=1S/C16H30N6O2.HI/c1-4-17-15(18-9-14-10-20-21(3)11-14)19-12-16(2,23)13-22-5-7-24-8-6-22;/h10-11,23H,4-9,12-13H2,1-3H3,(H2,17,18,19);1H. The fraction of sp³-hybridized carbons (Fsp3) is 0.750. The summed E-state index contributed by atoms with van der Waals surface area (Å²) < 4.78 is 7.11. The van der Waals surface area contributed by atoms with Gasteiger partial charge in [-0.25, -0.2) is 4.99 Å². The Morgan fingerprint density at radius 2 is 2.12 bits per heavy atom. The van der Waals surface area contributed by atoms with Crippen LogP contribution in [0.3, 0.4) is 0 Å². The molecule has 0 aromatic carbocycles. The first-order valence-corrected chi connectivity index (χ1v) is 8.51. The molecule has 1 aliphatic rings. The maximum atomic E-state index is 10.6. The summed E-state index contributed by atoms with van der Waals surface area (Å²) in [6, 6.07) is 0. The van der Waals surface area contributed by atoms with Crippen LogP contribution in [0.5, 0.6) is 0 Å². The number of nitrogens with one attached hydrogen (secondary N) is 2. The predicted molar refractivity (Wildman–Crippen MR) is 109 cm³/mol. The quantitative estimate of drug-likeness (QED) is 0.302. The lowest BCUT2D eigenvalue weighted by atomic mass is 10.1. The second-order valence-electron chi connectivity index (χ2n) is 6.46. The molecule has 0 amide bonds. The third kappa shape index (κ3) is 8.34. The van der Waals surface area contributed by atoms with E-state index in [1.807, 2.05) is 33.3 Å². The number of aryl methyl sites for hydroxylation is 1. The highest BCUT2D eigenvalue weighted by atomic mass is 127. The molecule has 0 radical (unpaired) electrons. The molecule has 2 heterocycles. The van der Waals surface area contributed by atoms with Crippen LogP contribution in [0.2, 0.25) is 0 Å². The van der Waals surface area contributed by atoms with Crippen molar-refractivity contribution in [2.24, 2.45) is 12.0 Å². The van der Waals surface area contributed by atoms with E-state index in [9.17, 15) is 5.11 Å². The fourth-order valence-electron chi connectivity index (χ4n) is 2.64. The molecular weight excluding hydrogens is 435 g/mol. The van der Waals surface area contributed by atoms with E-state index in [0.717, 1.165) is 38.4 Å². The van der Waals surface area contributed by atoms with Crippen molar-refractivity contribution in [3.05, 3.63) is 18.0 Å². The van der Waals surface area contributed by atoms with Crippen LogP contribution in [0.1, 0.15) is 19.4 Å². The summed E-state index contributed by atoms with van der Waals surface area (Å²) in [5.74, 6) is 0.698. The fourth-order valence-corrected chi connectivity index (χ4v) is 2.64. The Labute approximate surface area is 167 Å². The van der Waals surface area contributed by atoms with Crippen LogP contribution >= 0.6 is 24.0 Å². The minimum absolute atomic E-state index is 0. The molecule has 0 aliphatic carbocycles. The largest absolute Gasteiger partial charge is 0.387 e. The Bertz CT molecular complexity index is 528. The number of rotatable bonds is 7. The second-order valence-corrected chi connectivity index (χ2v) is 6.46. The molecule has 0 saturated carbocycles. The molecule has 2 rings (SSSR count). The number of hydrogen-bond donors (Lipinski definition) is 3. The van der Waals surface area contributed by atoms with E-state index in [0.29, 0.717) is 25.6 Å². The average molecular weight is 466 g/mol. The first-order valence-electron chi connectivity index (χ1n) is 8.51. The molecule has 3 N–H and O–H groups in total. The van der Waals surface area contributed by atoms with Crippen LogP contribution in [0.25, 0.3) is 0 Å². The summed E-state index contributed by atoms with van der Waals surface area (Å²) >= 11 is 0. The normalized spacial score (nSPS) is 18.3. The predicted octanol–water partition coefficient (Wildman–Crippen LogP) is 0.176. The van der Waals surface area contributed by atoms with Gasteiger partial charge in [0, 0.05) is 51.5 Å². The third-order valence-electron chi connectivity index (χ3n) is 3.83. The molecule has 9 heteroatoms. The minimum Gasteiger partial charge on any atom is -0.387 e. The van der Waals surface area contributed by atoms with Crippen molar-refractivity contribution in [3.8, 4) is 0 Å². The molecular formula is C16H31IN6O2. The monoisotopic (exact) mass is 466 g/mol. The van der Waals surface area contributed by atoms with E-state index >= 15 is 0 Å². The molecule has 1 aromatic heterocycles. The maximum absolute atomic E-state index is 10.6. The van der Waals surface area contributed by atoms with Crippen molar-refractivity contribution in [3.63, 3.8) is 0 Å². The molecule has 0 bridgehead atoms. The molecule has 144 valence electrons. The van der Waals surface area contributed by atoms with Gasteiger partial charge in [0.15, 0.2) is 5.96 Å². The van der Waals surface area contributed by atoms with Gasteiger partial charge in [-0.15, -0.1) is 24.0 Å². The van der Waals surface area contributed by atoms with Crippen LogP contribution < -0.4 is 10.6 Å². The second kappa shape index (κ2) is 10.9. The van der Waals surface area contributed by atoms with Gasteiger partial charge in [0.2, 0.25) is 0 Å². The van der Waals surface area contributed by atoms with E-state index in [-0.39, 0.29) is 24.0 Å². The van der Waals surface area contributed by atoms with Gasteiger partial charge in [0.05, 0.1) is 31.6 Å². The van der Waals surface area contributed by atoms with Crippen LogP contribution in [0.4, 0.5) is 0 Å². The van der Waals surface area contributed by atoms with Crippen molar-refractivity contribution in [2.45, 2.75) is 26.0 Å². The van der Waals surface area contributed by atoms with Gasteiger partial charge in [0.25, 0.3) is 0 Å². The molecule has 1 aliphatic heterocycles. The Morgan fingerprint density at radius 3 is 2.72 bits per heavy atom. The van der Waals surface area contributed by atoms with Gasteiger partial charge < -0.3 is 20.5 Å². The topological polar surface area (TPSA) is 86.9 Å². The lowest BCUT2D eigenvalue weighted by Crippen LogP contribution is -2.52. The number of β-amino-alcohol motifs (C(OH)–C–C–N with tert-alkyl or cyclic N) is 1. The molecule has 1 unspecified atom stereocenters. The molecule has 1 saturated heterocycles. The Morgan fingerprint density at radius 1 is 1.40 bits per heavy atom. The first kappa shape index (κ1) is 22.1. The van der Waals surface area contributed by atoms with Gasteiger partial charge in [0.1, 0.15) is 0 Å². The molecule has 25 heavy (non-hydrogen) atoms. The number of hydrogen-bond acceptors (Lipinski definition) is 5. The first-order chi connectivity index (χ1) is 11.5. The number of aromatic nitrogens is 2. The van der Waals surface area contributed by atoms with E-state index in [2.05, 4.69) is 25.6 Å². The van der Waals surface area contributed by atoms with Crippen LogP contribution in [-0.4, -0.2) is 77.3 Å². The van der Waals surface area contributed by atoms with Crippen molar-refractivity contribution >= 4 is 29.9 Å². The highest BCUT2D eigenvalue weighted by Crippen LogP contribution is 2.07. The zero-order valence-corrected chi connectivity index (χ0v) is 17.7. The number of ether oxygens (including phenoxy) is 1. The van der Waals surface area contributed by atoms with Gasteiger partial charge in [-0.1, -0.05) is 0 Å². The average Bonchev–Trinajstić information content (AvgIpc) is 2.96. The van der Waals surface area contributed by atoms with Gasteiger partial charge >= 0.3 is 0 Å². The maximum Gasteiger partial charge on any atom is 0.191 e. The summed E-state index contributed by atoms with van der Waals surface area (Å²) in [5, 5.41) is 21.2. The number of nitrogens with zero attached hydrogens (tertiary/aromatic N) is 4. The minimum atomic E-state index is -0.832. The lowest BCUT2D eigenvalue weighted by molar-refractivity contribution is -0.0201. The Hall–Kier alpha value is -0.910. The summed E-state index contributed by atoms with van der Waals surface area (Å²) in [6.07, 6.45) is 3.75. The van der Waals surface area contributed by atoms with Gasteiger partial charge in [-0.2, -0.15) is 5.10 Å². The van der Waals surface area contributed by atoms with Crippen LogP contribution in [-0.2, 0) is 18.3 Å². The number of aliphatic hydroxyl groups is 1. The highest BCUT2D eigenvalue weighted by Gasteiger charge is 2.25. The third-order valence-corrected chi connectivity index (χ3v) is 3.83. The number of halogens is 1. The Balaban J connectivity index is 0.00000312. The summed E-state index contributed by atoms with van der Waals surface area (Å²) in [5.41, 5.74) is 0.219. The smallest absolute Gasteiger partial charge is 0.191 e. The highest BCUT2D eigenvalue weighted by molar-refractivity contribution is 14.0. The number of aliphatic imine (C=N–C) groups is 1. The van der Waals surface area contributed by atoms with E-state index < -0.39 is 5.60 Å². The van der Waals surface area contributed by atoms with Gasteiger partial charge in [-0.05, 0) is 13.8 Å². The summed E-state index contributed by atoms with van der Waals surface area (Å²) in [7, 11) is 1.89. The molecule has 1 atom stereocenters. The van der Waals surface area contributed by atoms with Crippen LogP contribution in [0, 0.1) is 0 Å². The molecule has 8 nitrogen and oxygen atoms in total. The van der Waals surface area contributed by atoms with E-state index in [1.54, 1.807) is 4.68 Å².